The molecule has 0 fully saturated rings. The number of hydrogen-bond donors (Lipinski definition) is 1. The van der Waals surface area contributed by atoms with Crippen LogP contribution < -0.4 is 5.73 Å². The van der Waals surface area contributed by atoms with Crippen LogP contribution in [0.1, 0.15) is 5.69 Å². The Morgan fingerprint density at radius 2 is 2.12 bits per heavy atom. The fourth-order valence-electron chi connectivity index (χ4n) is 1.19. The second kappa shape index (κ2) is 3.62. The Morgan fingerprint density at radius 1 is 1.38 bits per heavy atom. The van der Waals surface area contributed by atoms with Crippen LogP contribution in [0, 0.1) is 23.0 Å². The minimum atomic E-state index is -0.702. The molecule has 0 saturated carbocycles. The van der Waals surface area contributed by atoms with Gasteiger partial charge in [-0.1, -0.05) is 0 Å². The number of halogens is 2. The third-order valence-electron chi connectivity index (χ3n) is 1.92. The minimum absolute atomic E-state index is 0.154. The lowest BCUT2D eigenvalue weighted by Gasteiger charge is -1.97. The smallest absolute Gasteiger partial charge is 0.233 e. The highest BCUT2D eigenvalue weighted by atomic mass is 19.1. The van der Waals surface area contributed by atoms with Crippen molar-refractivity contribution in [1.82, 2.24) is 4.98 Å². The molecule has 0 aliphatic heterocycles. The van der Waals surface area contributed by atoms with E-state index < -0.39 is 11.6 Å². The van der Waals surface area contributed by atoms with Gasteiger partial charge in [-0.3, -0.25) is 0 Å². The maximum Gasteiger partial charge on any atom is 0.233 e. The van der Waals surface area contributed by atoms with E-state index in [1.807, 2.05) is 0 Å². The Labute approximate surface area is 88.9 Å². The van der Waals surface area contributed by atoms with E-state index in [9.17, 15) is 8.78 Å². The fourth-order valence-corrected chi connectivity index (χ4v) is 1.19. The van der Waals surface area contributed by atoms with Gasteiger partial charge >= 0.3 is 0 Å². The average Bonchev–Trinajstić information content (AvgIpc) is 2.63. The highest BCUT2D eigenvalue weighted by Gasteiger charge is 2.15. The Kier molecular flexibility index (Phi) is 2.29. The third kappa shape index (κ3) is 1.59. The summed E-state index contributed by atoms with van der Waals surface area (Å²) >= 11 is 0. The van der Waals surface area contributed by atoms with Gasteiger partial charge in [0, 0.05) is 0 Å². The normalized spacial score (nSPS) is 10.1. The zero-order valence-corrected chi connectivity index (χ0v) is 7.87. The summed E-state index contributed by atoms with van der Waals surface area (Å²) in [4.78, 5) is 3.64. The number of anilines is 1. The molecular formula is C10H5F2N3O. The molecule has 1 heterocycles. The first kappa shape index (κ1) is 10.1. The Hall–Kier alpha value is -2.42. The van der Waals surface area contributed by atoms with Crippen molar-refractivity contribution in [3.05, 3.63) is 35.5 Å². The van der Waals surface area contributed by atoms with Gasteiger partial charge in [0.2, 0.25) is 17.5 Å². The van der Waals surface area contributed by atoms with E-state index in [1.54, 1.807) is 6.07 Å². The monoisotopic (exact) mass is 221 g/mol. The van der Waals surface area contributed by atoms with Crippen molar-refractivity contribution in [3.63, 3.8) is 0 Å². The highest BCUT2D eigenvalue weighted by Crippen LogP contribution is 2.26. The Bertz CT molecular complexity index is 586. The molecular weight excluding hydrogens is 216 g/mol. The van der Waals surface area contributed by atoms with Crippen LogP contribution >= 0.6 is 0 Å². The van der Waals surface area contributed by atoms with Crippen molar-refractivity contribution < 1.29 is 13.2 Å². The number of nitrogens with zero attached hydrogens (tertiary/aromatic N) is 2. The summed E-state index contributed by atoms with van der Waals surface area (Å²) in [5.74, 6) is -1.77. The van der Waals surface area contributed by atoms with E-state index in [0.717, 1.165) is 18.2 Å². The second-order valence-corrected chi connectivity index (χ2v) is 2.97. The summed E-state index contributed by atoms with van der Waals surface area (Å²) in [5, 5.41) is 8.58. The van der Waals surface area contributed by atoms with Crippen LogP contribution in [0.15, 0.2) is 22.6 Å². The topological polar surface area (TPSA) is 75.8 Å². The molecule has 2 N–H and O–H groups in total. The molecule has 6 heteroatoms. The number of aromatic nitrogens is 1. The lowest BCUT2D eigenvalue weighted by Crippen LogP contribution is -1.86. The Balaban J connectivity index is 2.59. The molecule has 0 atom stereocenters. The number of benzene rings is 1. The lowest BCUT2D eigenvalue weighted by molar-refractivity contribution is 0.569. The van der Waals surface area contributed by atoms with Crippen molar-refractivity contribution in [3.8, 4) is 17.5 Å². The van der Waals surface area contributed by atoms with Crippen molar-refractivity contribution >= 4 is 5.88 Å². The SMILES string of the molecule is N#Cc1nc(-c2cc(F)ccc2F)oc1N. The first-order chi connectivity index (χ1) is 7.61. The molecule has 0 bridgehead atoms. The van der Waals surface area contributed by atoms with Gasteiger partial charge < -0.3 is 10.2 Å². The van der Waals surface area contributed by atoms with Crippen LogP contribution in [0.3, 0.4) is 0 Å². The Morgan fingerprint density at radius 3 is 2.75 bits per heavy atom. The summed E-state index contributed by atoms with van der Waals surface area (Å²) in [6, 6.07) is 4.50. The molecule has 1 aromatic heterocycles. The molecule has 0 saturated heterocycles. The molecule has 2 aromatic rings. The van der Waals surface area contributed by atoms with Crippen LogP contribution in [0.25, 0.3) is 11.5 Å². The van der Waals surface area contributed by atoms with Gasteiger partial charge in [-0.15, -0.1) is 0 Å². The number of nitriles is 1. The summed E-state index contributed by atoms with van der Waals surface area (Å²) < 4.78 is 31.1. The number of hydrogen-bond acceptors (Lipinski definition) is 4. The summed E-state index contributed by atoms with van der Waals surface area (Å²) in [6.45, 7) is 0. The minimum Gasteiger partial charge on any atom is -0.419 e. The molecule has 0 aliphatic rings. The van der Waals surface area contributed by atoms with Crippen LogP contribution in [0.2, 0.25) is 0 Å². The highest BCUT2D eigenvalue weighted by molar-refractivity contribution is 5.58. The van der Waals surface area contributed by atoms with Gasteiger partial charge in [0.15, 0.2) is 0 Å². The van der Waals surface area contributed by atoms with Gasteiger partial charge in [0.25, 0.3) is 0 Å². The first-order valence-electron chi connectivity index (χ1n) is 4.23. The summed E-state index contributed by atoms with van der Waals surface area (Å²) in [6.07, 6.45) is 0. The third-order valence-corrected chi connectivity index (χ3v) is 1.92. The summed E-state index contributed by atoms with van der Waals surface area (Å²) in [5.41, 5.74) is 4.98. The van der Waals surface area contributed by atoms with E-state index in [1.165, 1.54) is 0 Å². The number of oxazole rings is 1. The van der Waals surface area contributed by atoms with E-state index in [4.69, 9.17) is 15.4 Å². The van der Waals surface area contributed by atoms with E-state index in [0.29, 0.717) is 0 Å². The number of nitrogens with two attached hydrogens (primary N) is 1. The van der Waals surface area contributed by atoms with Crippen LogP contribution in [-0.4, -0.2) is 4.98 Å². The van der Waals surface area contributed by atoms with Gasteiger partial charge in [0.1, 0.15) is 17.7 Å². The zero-order valence-electron chi connectivity index (χ0n) is 7.87. The van der Waals surface area contributed by atoms with E-state index in [-0.39, 0.29) is 23.0 Å². The standard InChI is InChI=1S/C10H5F2N3O/c11-5-1-2-7(12)6(3-5)10-15-8(4-13)9(14)16-10/h1-3H,14H2. The maximum absolute atomic E-state index is 13.3. The van der Waals surface area contributed by atoms with Crippen LogP contribution in [-0.2, 0) is 0 Å². The maximum atomic E-state index is 13.3. The molecule has 0 amide bonds. The van der Waals surface area contributed by atoms with Gasteiger partial charge in [-0.2, -0.15) is 10.2 Å². The van der Waals surface area contributed by atoms with Crippen molar-refractivity contribution in [2.45, 2.75) is 0 Å². The van der Waals surface area contributed by atoms with Gasteiger partial charge in [-0.05, 0) is 18.2 Å². The van der Waals surface area contributed by atoms with E-state index >= 15 is 0 Å². The fraction of sp³-hybridized carbons (Fsp3) is 0. The number of rotatable bonds is 1. The van der Waals surface area contributed by atoms with Crippen molar-refractivity contribution in [2.75, 3.05) is 5.73 Å². The lowest BCUT2D eigenvalue weighted by atomic mass is 10.2. The van der Waals surface area contributed by atoms with Gasteiger partial charge in [0.05, 0.1) is 5.56 Å². The molecule has 2 rings (SSSR count). The molecule has 0 aliphatic carbocycles. The van der Waals surface area contributed by atoms with Crippen molar-refractivity contribution in [2.24, 2.45) is 0 Å². The van der Waals surface area contributed by atoms with E-state index in [2.05, 4.69) is 4.98 Å². The molecule has 0 unspecified atom stereocenters. The molecule has 16 heavy (non-hydrogen) atoms. The molecule has 4 nitrogen and oxygen atoms in total. The average molecular weight is 221 g/mol. The first-order valence-corrected chi connectivity index (χ1v) is 4.23. The molecule has 80 valence electrons. The largest absolute Gasteiger partial charge is 0.419 e. The second-order valence-electron chi connectivity index (χ2n) is 2.97. The quantitative estimate of drug-likeness (QED) is 0.799. The zero-order chi connectivity index (χ0) is 11.7. The number of nitrogen functional groups attached to an aromatic ring is 1. The van der Waals surface area contributed by atoms with Gasteiger partial charge in [-0.25, -0.2) is 8.78 Å². The van der Waals surface area contributed by atoms with Crippen molar-refractivity contribution in [1.29, 1.82) is 5.26 Å². The van der Waals surface area contributed by atoms with Crippen LogP contribution in [0.5, 0.6) is 0 Å². The predicted octanol–water partition coefficient (Wildman–Crippen LogP) is 2.07. The summed E-state index contributed by atoms with van der Waals surface area (Å²) in [7, 11) is 0. The molecule has 0 spiro atoms. The molecule has 1 aromatic carbocycles. The molecule has 0 radical (unpaired) electrons. The predicted molar refractivity (Wildman–Crippen MR) is 51.0 cm³/mol. The van der Waals surface area contributed by atoms with Crippen LogP contribution in [0.4, 0.5) is 14.7 Å².